The van der Waals surface area contributed by atoms with E-state index in [1.165, 1.54) is 0 Å². The Hall–Kier alpha value is -2.05. The average Bonchev–Trinajstić information content (AvgIpc) is 2.95. The first-order valence-electron chi connectivity index (χ1n) is 7.84. The van der Waals surface area contributed by atoms with Crippen LogP contribution in [0.5, 0.6) is 5.75 Å². The summed E-state index contributed by atoms with van der Waals surface area (Å²) in [5.41, 5.74) is 2.95. The molecular formula is C17H20ClN3O3. The van der Waals surface area contributed by atoms with E-state index in [-0.39, 0.29) is 11.9 Å². The average molecular weight is 350 g/mol. The predicted octanol–water partition coefficient (Wildman–Crippen LogP) is 3.45. The van der Waals surface area contributed by atoms with Crippen molar-refractivity contribution >= 4 is 23.2 Å². The second kappa shape index (κ2) is 6.83. The molecule has 1 N–H and O–H groups in total. The number of benzene rings is 1. The number of aromatic nitrogens is 2. The molecule has 0 saturated heterocycles. The number of rotatable bonds is 4. The number of methoxy groups -OCH3 is 1. The molecule has 0 saturated carbocycles. The Morgan fingerprint density at radius 1 is 1.46 bits per heavy atom. The van der Waals surface area contributed by atoms with Crippen molar-refractivity contribution in [1.82, 2.24) is 9.78 Å². The minimum atomic E-state index is -0.266. The van der Waals surface area contributed by atoms with E-state index < -0.39 is 0 Å². The van der Waals surface area contributed by atoms with Gasteiger partial charge in [-0.05, 0) is 32.0 Å². The second-order valence-electron chi connectivity index (χ2n) is 5.92. The van der Waals surface area contributed by atoms with Gasteiger partial charge >= 0.3 is 0 Å². The van der Waals surface area contributed by atoms with Crippen LogP contribution >= 0.6 is 11.6 Å². The third-order valence-corrected chi connectivity index (χ3v) is 4.26. The van der Waals surface area contributed by atoms with E-state index in [0.29, 0.717) is 35.4 Å². The molecule has 0 fully saturated rings. The molecular weight excluding hydrogens is 330 g/mol. The first-order chi connectivity index (χ1) is 11.5. The molecule has 6 nitrogen and oxygen atoms in total. The van der Waals surface area contributed by atoms with Crippen LogP contribution in [0, 0.1) is 0 Å². The number of nitrogens with one attached hydrogen (secondary N) is 1. The molecule has 1 aliphatic rings. The summed E-state index contributed by atoms with van der Waals surface area (Å²) in [5, 5.41) is 7.79. The highest BCUT2D eigenvalue weighted by Crippen LogP contribution is 2.28. The van der Waals surface area contributed by atoms with Gasteiger partial charge in [-0.25, -0.2) is 0 Å². The van der Waals surface area contributed by atoms with Gasteiger partial charge in [-0.3, -0.25) is 9.48 Å². The number of hydrogen-bond donors (Lipinski definition) is 1. The molecule has 2 heterocycles. The summed E-state index contributed by atoms with van der Waals surface area (Å²) in [6, 6.07) is 5.29. The van der Waals surface area contributed by atoms with Crippen molar-refractivity contribution in [3.63, 3.8) is 0 Å². The lowest BCUT2D eigenvalue weighted by Crippen LogP contribution is -2.17. The van der Waals surface area contributed by atoms with Gasteiger partial charge in [0.1, 0.15) is 5.75 Å². The van der Waals surface area contributed by atoms with Crippen molar-refractivity contribution < 1.29 is 14.3 Å². The number of amides is 1. The van der Waals surface area contributed by atoms with Crippen LogP contribution in [-0.4, -0.2) is 29.4 Å². The molecule has 0 bridgehead atoms. The molecule has 128 valence electrons. The van der Waals surface area contributed by atoms with Crippen LogP contribution in [0.2, 0.25) is 5.02 Å². The summed E-state index contributed by atoms with van der Waals surface area (Å²) in [7, 11) is 1.55. The SMILES string of the molecule is COc1ccc(NC(=O)c2nn(C(C)C)c3c2COCC3)cc1Cl. The van der Waals surface area contributed by atoms with Crippen molar-refractivity contribution in [2.45, 2.75) is 32.9 Å². The number of carbonyl (C=O) groups is 1. The van der Waals surface area contributed by atoms with E-state index in [0.717, 1.165) is 17.7 Å². The number of halogens is 1. The molecule has 1 aromatic carbocycles. The van der Waals surface area contributed by atoms with Gasteiger partial charge in [0.15, 0.2) is 5.69 Å². The second-order valence-corrected chi connectivity index (χ2v) is 6.33. The number of anilines is 1. The lowest BCUT2D eigenvalue weighted by Gasteiger charge is -2.16. The lowest BCUT2D eigenvalue weighted by molar-refractivity contribution is 0.0984. The van der Waals surface area contributed by atoms with Gasteiger partial charge in [-0.1, -0.05) is 11.6 Å². The van der Waals surface area contributed by atoms with E-state index in [1.54, 1.807) is 25.3 Å². The lowest BCUT2D eigenvalue weighted by atomic mass is 10.1. The molecule has 7 heteroatoms. The van der Waals surface area contributed by atoms with Gasteiger partial charge < -0.3 is 14.8 Å². The largest absolute Gasteiger partial charge is 0.495 e. The number of carbonyl (C=O) groups excluding carboxylic acids is 1. The summed E-state index contributed by atoms with van der Waals surface area (Å²) in [5.74, 6) is 0.293. The molecule has 1 aromatic heterocycles. The van der Waals surface area contributed by atoms with Gasteiger partial charge in [0.25, 0.3) is 5.91 Å². The molecule has 0 aliphatic carbocycles. The Morgan fingerprint density at radius 3 is 2.92 bits per heavy atom. The maximum Gasteiger partial charge on any atom is 0.276 e. The molecule has 1 amide bonds. The number of fused-ring (bicyclic) bond motifs is 1. The fraction of sp³-hybridized carbons (Fsp3) is 0.412. The van der Waals surface area contributed by atoms with E-state index >= 15 is 0 Å². The Kier molecular flexibility index (Phi) is 4.78. The first kappa shape index (κ1) is 16.8. The topological polar surface area (TPSA) is 65.4 Å². The van der Waals surface area contributed by atoms with Crippen molar-refractivity contribution in [3.05, 3.63) is 40.2 Å². The first-order valence-corrected chi connectivity index (χ1v) is 8.22. The van der Waals surface area contributed by atoms with Crippen LogP contribution in [0.1, 0.15) is 41.6 Å². The third-order valence-electron chi connectivity index (χ3n) is 3.96. The predicted molar refractivity (Wildman–Crippen MR) is 91.9 cm³/mol. The zero-order valence-electron chi connectivity index (χ0n) is 13.9. The number of ether oxygens (including phenoxy) is 2. The maximum absolute atomic E-state index is 12.7. The van der Waals surface area contributed by atoms with Crippen LogP contribution in [-0.2, 0) is 17.8 Å². The number of nitrogens with zero attached hydrogens (tertiary/aromatic N) is 2. The van der Waals surface area contributed by atoms with Crippen LogP contribution in [0.4, 0.5) is 5.69 Å². The fourth-order valence-corrected chi connectivity index (χ4v) is 3.07. The zero-order valence-corrected chi connectivity index (χ0v) is 14.7. The standard InChI is InChI=1S/C17H20ClN3O3/c1-10(2)21-14-6-7-24-9-12(14)16(20-21)17(22)19-11-4-5-15(23-3)13(18)8-11/h4-5,8,10H,6-7,9H2,1-3H3,(H,19,22). The monoisotopic (exact) mass is 349 g/mol. The third kappa shape index (κ3) is 3.12. The Bertz CT molecular complexity index is 771. The van der Waals surface area contributed by atoms with Gasteiger partial charge in [-0.15, -0.1) is 0 Å². The quantitative estimate of drug-likeness (QED) is 0.918. The van der Waals surface area contributed by atoms with Crippen LogP contribution in [0.3, 0.4) is 0 Å². The summed E-state index contributed by atoms with van der Waals surface area (Å²) >= 11 is 6.10. The van der Waals surface area contributed by atoms with Crippen molar-refractivity contribution in [1.29, 1.82) is 0 Å². The summed E-state index contributed by atoms with van der Waals surface area (Å²) in [6.45, 7) is 5.16. The van der Waals surface area contributed by atoms with Gasteiger partial charge in [0.05, 0.1) is 25.3 Å². The van der Waals surface area contributed by atoms with E-state index in [2.05, 4.69) is 10.4 Å². The fourth-order valence-electron chi connectivity index (χ4n) is 2.81. The van der Waals surface area contributed by atoms with E-state index in [4.69, 9.17) is 21.1 Å². The summed E-state index contributed by atoms with van der Waals surface area (Å²) in [4.78, 5) is 12.7. The normalized spacial score (nSPS) is 13.7. The van der Waals surface area contributed by atoms with Gasteiger partial charge in [0, 0.05) is 29.4 Å². The molecule has 24 heavy (non-hydrogen) atoms. The smallest absolute Gasteiger partial charge is 0.276 e. The van der Waals surface area contributed by atoms with Crippen LogP contribution in [0.25, 0.3) is 0 Å². The summed E-state index contributed by atoms with van der Waals surface area (Å²) in [6.07, 6.45) is 0.766. The molecule has 1 aliphatic heterocycles. The molecule has 3 rings (SSSR count). The molecule has 0 atom stereocenters. The van der Waals surface area contributed by atoms with Crippen molar-refractivity contribution in [2.75, 3.05) is 19.0 Å². The van der Waals surface area contributed by atoms with E-state index in [9.17, 15) is 4.79 Å². The minimum Gasteiger partial charge on any atom is -0.495 e. The van der Waals surface area contributed by atoms with Gasteiger partial charge in [-0.2, -0.15) is 5.10 Å². The van der Waals surface area contributed by atoms with Crippen molar-refractivity contribution in [3.8, 4) is 5.75 Å². The number of hydrogen-bond acceptors (Lipinski definition) is 4. The highest BCUT2D eigenvalue weighted by molar-refractivity contribution is 6.32. The van der Waals surface area contributed by atoms with Crippen LogP contribution in [0.15, 0.2) is 18.2 Å². The highest BCUT2D eigenvalue weighted by Gasteiger charge is 2.26. The highest BCUT2D eigenvalue weighted by atomic mass is 35.5. The summed E-state index contributed by atoms with van der Waals surface area (Å²) < 4.78 is 12.5. The molecule has 2 aromatic rings. The van der Waals surface area contributed by atoms with Crippen LogP contribution < -0.4 is 10.1 Å². The Balaban J connectivity index is 1.89. The minimum absolute atomic E-state index is 0.189. The Morgan fingerprint density at radius 2 is 2.25 bits per heavy atom. The zero-order chi connectivity index (χ0) is 17.3. The van der Waals surface area contributed by atoms with Crippen molar-refractivity contribution in [2.24, 2.45) is 0 Å². The molecule has 0 spiro atoms. The molecule has 0 radical (unpaired) electrons. The van der Waals surface area contributed by atoms with Gasteiger partial charge in [0.2, 0.25) is 0 Å². The molecule has 0 unspecified atom stereocenters. The maximum atomic E-state index is 12.7. The van der Waals surface area contributed by atoms with E-state index in [1.807, 2.05) is 18.5 Å². The Labute approximate surface area is 145 Å².